The molecule has 0 aliphatic heterocycles. The number of thiazole rings is 1. The van der Waals surface area contributed by atoms with Gasteiger partial charge in [-0.15, -0.1) is 23.7 Å². The molecule has 0 saturated heterocycles. The highest BCUT2D eigenvalue weighted by Crippen LogP contribution is 2.39. The van der Waals surface area contributed by atoms with Gasteiger partial charge in [0, 0.05) is 29.9 Å². The summed E-state index contributed by atoms with van der Waals surface area (Å²) in [7, 11) is 0. The molecule has 4 rings (SSSR count). The van der Waals surface area contributed by atoms with Crippen LogP contribution < -0.4 is 11.1 Å². The fraction of sp³-hybridized carbons (Fsp3) is 0.625. The summed E-state index contributed by atoms with van der Waals surface area (Å²) in [5.41, 5.74) is 7.00. The third-order valence-corrected chi connectivity index (χ3v) is 5.96. The van der Waals surface area contributed by atoms with Gasteiger partial charge >= 0.3 is 0 Å². The van der Waals surface area contributed by atoms with Crippen molar-refractivity contribution in [3.63, 3.8) is 0 Å². The Hall–Kier alpha value is -1.11. The number of hydrogen-bond acceptors (Lipinski definition) is 4. The van der Waals surface area contributed by atoms with Gasteiger partial charge in [0.2, 0.25) is 5.91 Å². The van der Waals surface area contributed by atoms with E-state index in [1.54, 1.807) is 11.3 Å². The molecule has 0 radical (unpaired) electrons. The number of rotatable bonds is 3. The third kappa shape index (κ3) is 3.39. The molecule has 2 aromatic rings. The molecule has 7 heteroatoms. The highest BCUT2D eigenvalue weighted by atomic mass is 35.5. The lowest BCUT2D eigenvalue weighted by molar-refractivity contribution is -0.122. The predicted octanol–water partition coefficient (Wildman–Crippen LogP) is 2.38. The minimum Gasteiger partial charge on any atom is -0.352 e. The Bertz CT molecular complexity index is 642. The van der Waals surface area contributed by atoms with Crippen LogP contribution in [0.25, 0.3) is 4.96 Å². The van der Waals surface area contributed by atoms with Crippen LogP contribution in [0.3, 0.4) is 0 Å². The molecule has 0 spiro atoms. The molecule has 23 heavy (non-hydrogen) atoms. The summed E-state index contributed by atoms with van der Waals surface area (Å²) in [6.07, 6.45) is 10.1. The fourth-order valence-corrected chi connectivity index (χ4v) is 5.01. The first-order valence-corrected chi connectivity index (χ1v) is 9.03. The third-order valence-electron chi connectivity index (χ3n) is 5.19. The molecule has 3 N–H and O–H groups in total. The summed E-state index contributed by atoms with van der Waals surface area (Å²) in [6.45, 7) is 0. The second-order valence-corrected chi connectivity index (χ2v) is 7.65. The van der Waals surface area contributed by atoms with Crippen molar-refractivity contribution >= 4 is 34.6 Å². The molecule has 2 aromatic heterocycles. The van der Waals surface area contributed by atoms with Crippen molar-refractivity contribution in [1.29, 1.82) is 0 Å². The first kappa shape index (κ1) is 16.7. The maximum atomic E-state index is 12.4. The number of nitrogens with zero attached hydrogens (tertiary/aromatic N) is 2. The standard InChI is InChI=1S/C16H22N4OS.ClH/c17-12-6-10-2-1-3-11(7-12)15(10)19-14(21)8-13-9-20-4-5-22-16(20)18-13;/h4-5,9-12,15H,1-3,6-8,17H2,(H,19,21);1H. The summed E-state index contributed by atoms with van der Waals surface area (Å²) >= 11 is 1.59. The van der Waals surface area contributed by atoms with E-state index in [1.165, 1.54) is 19.3 Å². The van der Waals surface area contributed by atoms with Crippen LogP contribution in [-0.2, 0) is 11.2 Å². The number of amides is 1. The average molecular weight is 355 g/mol. The number of carbonyl (C=O) groups excluding carboxylic acids is 1. The number of carbonyl (C=O) groups is 1. The molecule has 2 aliphatic carbocycles. The Morgan fingerprint density at radius 3 is 2.83 bits per heavy atom. The van der Waals surface area contributed by atoms with Crippen LogP contribution in [-0.4, -0.2) is 27.4 Å². The lowest BCUT2D eigenvalue weighted by Gasteiger charge is -2.45. The van der Waals surface area contributed by atoms with Gasteiger partial charge < -0.3 is 11.1 Å². The molecule has 2 saturated carbocycles. The summed E-state index contributed by atoms with van der Waals surface area (Å²) in [4.78, 5) is 17.8. The van der Waals surface area contributed by atoms with Crippen molar-refractivity contribution in [1.82, 2.24) is 14.7 Å². The zero-order valence-corrected chi connectivity index (χ0v) is 14.6. The van der Waals surface area contributed by atoms with Crippen molar-refractivity contribution in [3.05, 3.63) is 23.5 Å². The Balaban J connectivity index is 0.00000156. The van der Waals surface area contributed by atoms with E-state index in [4.69, 9.17) is 5.73 Å². The Labute approximate surface area is 146 Å². The van der Waals surface area contributed by atoms with Gasteiger partial charge in [0.25, 0.3) is 0 Å². The quantitative estimate of drug-likeness (QED) is 0.888. The lowest BCUT2D eigenvalue weighted by atomic mass is 9.67. The van der Waals surface area contributed by atoms with Gasteiger partial charge in [-0.2, -0.15) is 0 Å². The Morgan fingerprint density at radius 1 is 1.39 bits per heavy atom. The van der Waals surface area contributed by atoms with E-state index in [0.717, 1.165) is 23.5 Å². The van der Waals surface area contributed by atoms with E-state index in [-0.39, 0.29) is 18.3 Å². The van der Waals surface area contributed by atoms with Crippen LogP contribution in [0.4, 0.5) is 0 Å². The maximum absolute atomic E-state index is 12.4. The highest BCUT2D eigenvalue weighted by Gasteiger charge is 2.39. The van der Waals surface area contributed by atoms with Crippen molar-refractivity contribution in [2.24, 2.45) is 17.6 Å². The zero-order valence-electron chi connectivity index (χ0n) is 13.0. The van der Waals surface area contributed by atoms with E-state index < -0.39 is 0 Å². The summed E-state index contributed by atoms with van der Waals surface area (Å²) in [6, 6.07) is 0.646. The Kier molecular flexibility index (Phi) is 4.94. The minimum absolute atomic E-state index is 0. The predicted molar refractivity (Wildman–Crippen MR) is 94.0 cm³/mol. The summed E-state index contributed by atoms with van der Waals surface area (Å²) in [5.74, 6) is 1.23. The first-order valence-electron chi connectivity index (χ1n) is 8.15. The van der Waals surface area contributed by atoms with Crippen LogP contribution in [0.1, 0.15) is 37.8 Å². The minimum atomic E-state index is 0. The lowest BCUT2D eigenvalue weighted by Crippen LogP contribution is -2.54. The monoisotopic (exact) mass is 354 g/mol. The fourth-order valence-electron chi connectivity index (χ4n) is 4.29. The van der Waals surface area contributed by atoms with Crippen molar-refractivity contribution in [2.75, 3.05) is 0 Å². The molecule has 2 fully saturated rings. The molecular weight excluding hydrogens is 332 g/mol. The van der Waals surface area contributed by atoms with Gasteiger partial charge in [-0.25, -0.2) is 4.98 Å². The zero-order chi connectivity index (χ0) is 15.1. The topological polar surface area (TPSA) is 72.4 Å². The molecule has 2 bridgehead atoms. The van der Waals surface area contributed by atoms with Gasteiger partial charge in [-0.1, -0.05) is 6.42 Å². The van der Waals surface area contributed by atoms with E-state index in [0.29, 0.717) is 30.3 Å². The van der Waals surface area contributed by atoms with E-state index in [2.05, 4.69) is 10.3 Å². The van der Waals surface area contributed by atoms with Gasteiger partial charge in [-0.05, 0) is 37.5 Å². The number of fused-ring (bicyclic) bond motifs is 3. The molecule has 1 amide bonds. The molecule has 126 valence electrons. The Morgan fingerprint density at radius 2 is 2.13 bits per heavy atom. The normalized spacial score (nSPS) is 30.0. The van der Waals surface area contributed by atoms with Gasteiger partial charge in [-0.3, -0.25) is 9.20 Å². The van der Waals surface area contributed by atoms with Crippen LogP contribution in [0.15, 0.2) is 17.8 Å². The second-order valence-electron chi connectivity index (χ2n) is 6.78. The summed E-state index contributed by atoms with van der Waals surface area (Å²) < 4.78 is 1.97. The largest absolute Gasteiger partial charge is 0.352 e. The molecule has 2 unspecified atom stereocenters. The number of halogens is 1. The SMILES string of the molecule is Cl.NC1CC2CCCC(C1)C2NC(=O)Cc1cn2ccsc2n1. The van der Waals surface area contributed by atoms with Crippen molar-refractivity contribution < 1.29 is 4.79 Å². The summed E-state index contributed by atoms with van der Waals surface area (Å²) in [5, 5.41) is 5.28. The average Bonchev–Trinajstić information content (AvgIpc) is 3.00. The highest BCUT2D eigenvalue weighted by molar-refractivity contribution is 7.15. The van der Waals surface area contributed by atoms with Crippen LogP contribution in [0.5, 0.6) is 0 Å². The van der Waals surface area contributed by atoms with E-state index in [9.17, 15) is 4.79 Å². The smallest absolute Gasteiger partial charge is 0.226 e. The van der Waals surface area contributed by atoms with E-state index in [1.807, 2.05) is 22.2 Å². The molecule has 2 aliphatic rings. The number of hydrogen-bond donors (Lipinski definition) is 2. The van der Waals surface area contributed by atoms with Gasteiger partial charge in [0.05, 0.1) is 12.1 Å². The molecular formula is C16H23ClN4OS. The molecule has 2 heterocycles. The van der Waals surface area contributed by atoms with Crippen LogP contribution >= 0.6 is 23.7 Å². The van der Waals surface area contributed by atoms with Crippen LogP contribution in [0, 0.1) is 11.8 Å². The van der Waals surface area contributed by atoms with E-state index >= 15 is 0 Å². The number of imidazole rings is 1. The van der Waals surface area contributed by atoms with Crippen molar-refractivity contribution in [2.45, 2.75) is 50.6 Å². The first-order chi connectivity index (χ1) is 10.7. The van der Waals surface area contributed by atoms with Gasteiger partial charge in [0.1, 0.15) is 0 Å². The van der Waals surface area contributed by atoms with Crippen molar-refractivity contribution in [3.8, 4) is 0 Å². The maximum Gasteiger partial charge on any atom is 0.226 e. The second kappa shape index (κ2) is 6.79. The van der Waals surface area contributed by atoms with Gasteiger partial charge in [0.15, 0.2) is 4.96 Å². The molecule has 5 nitrogen and oxygen atoms in total. The molecule has 2 atom stereocenters. The van der Waals surface area contributed by atoms with Crippen LogP contribution in [0.2, 0.25) is 0 Å². The number of aromatic nitrogens is 2. The number of nitrogens with two attached hydrogens (primary N) is 1. The molecule has 0 aromatic carbocycles. The number of nitrogens with one attached hydrogen (secondary N) is 1.